The van der Waals surface area contributed by atoms with Gasteiger partial charge in [-0.25, -0.2) is 5.32 Å². The predicted molar refractivity (Wildman–Crippen MR) is 141 cm³/mol. The van der Waals surface area contributed by atoms with Crippen molar-refractivity contribution in [2.75, 3.05) is 32.0 Å². The molecule has 0 saturated carbocycles. The van der Waals surface area contributed by atoms with E-state index in [1.807, 2.05) is 0 Å². The molecule has 0 atom stereocenters. The number of aromatic nitrogens is 3. The van der Waals surface area contributed by atoms with Crippen molar-refractivity contribution in [3.05, 3.63) is 54.4 Å². The normalized spacial score (nSPS) is 12.5. The Kier molecular flexibility index (Phi) is 9.22. The van der Waals surface area contributed by atoms with Gasteiger partial charge in [0.2, 0.25) is 0 Å². The van der Waals surface area contributed by atoms with E-state index in [2.05, 4.69) is 25.0 Å². The van der Waals surface area contributed by atoms with Gasteiger partial charge in [-0.1, -0.05) is 24.3 Å². The smallest absolute Gasteiger partial charge is 0.421 e. The maximum Gasteiger partial charge on any atom is 0.421 e. The van der Waals surface area contributed by atoms with E-state index in [-0.39, 0.29) is 27.6 Å². The molecule has 12 nitrogen and oxygen atoms in total. The number of guanidine groups is 1. The Morgan fingerprint density at radius 2 is 1.43 bits per heavy atom. The van der Waals surface area contributed by atoms with Crippen molar-refractivity contribution in [3.8, 4) is 6.01 Å². The number of methoxy groups -OCH3 is 1. The highest BCUT2D eigenvalue weighted by Crippen LogP contribution is 2.27. The molecule has 16 heteroatoms. The first-order valence-electron chi connectivity index (χ1n) is 10.4. The van der Waals surface area contributed by atoms with E-state index >= 15 is 0 Å². The summed E-state index contributed by atoms with van der Waals surface area (Å²) in [6, 6.07) is 12.5. The largest absolute Gasteiger partial charge is 0.467 e. The zero-order valence-corrected chi connectivity index (χ0v) is 23.8. The van der Waals surface area contributed by atoms with Gasteiger partial charge in [0.1, 0.15) is 22.7 Å². The van der Waals surface area contributed by atoms with Gasteiger partial charge < -0.3 is 9.57 Å². The second-order valence-electron chi connectivity index (χ2n) is 6.99. The van der Waals surface area contributed by atoms with Crippen LogP contribution >= 0.6 is 23.5 Å². The number of benzene rings is 2. The van der Waals surface area contributed by atoms with Gasteiger partial charge in [0.25, 0.3) is 5.95 Å². The molecule has 0 amide bonds. The zero-order valence-electron chi connectivity index (χ0n) is 20.5. The number of sulfonamides is 2. The number of ether oxygens (including phenoxy) is 1. The van der Waals surface area contributed by atoms with Gasteiger partial charge in [-0.05, 0) is 43.7 Å². The number of hydrogen-bond acceptors (Lipinski definition) is 11. The highest BCUT2D eigenvalue weighted by Gasteiger charge is 2.36. The van der Waals surface area contributed by atoms with Crippen molar-refractivity contribution in [2.24, 2.45) is 0 Å². The molecular formula is C21H25N6O6S4+. The van der Waals surface area contributed by atoms with Crippen molar-refractivity contribution < 1.29 is 30.6 Å². The van der Waals surface area contributed by atoms with Crippen molar-refractivity contribution in [1.82, 2.24) is 19.7 Å². The van der Waals surface area contributed by atoms with E-state index in [9.17, 15) is 16.8 Å². The van der Waals surface area contributed by atoms with Gasteiger partial charge in [0.15, 0.2) is 0 Å². The fourth-order valence-electron chi connectivity index (χ4n) is 3.07. The van der Waals surface area contributed by atoms with Crippen LogP contribution in [-0.2, 0) is 24.9 Å². The molecule has 0 spiro atoms. The van der Waals surface area contributed by atoms with Crippen LogP contribution < -0.4 is 14.8 Å². The van der Waals surface area contributed by atoms with Gasteiger partial charge in [0, 0.05) is 13.9 Å². The van der Waals surface area contributed by atoms with E-state index < -0.39 is 26.0 Å². The summed E-state index contributed by atoms with van der Waals surface area (Å²) in [7, 11) is -6.35. The van der Waals surface area contributed by atoms with Crippen LogP contribution in [0.5, 0.6) is 6.01 Å². The third kappa shape index (κ3) is 6.44. The van der Waals surface area contributed by atoms with Crippen LogP contribution in [0.3, 0.4) is 0 Å². The molecule has 3 rings (SSSR count). The van der Waals surface area contributed by atoms with E-state index in [4.69, 9.17) is 9.57 Å². The van der Waals surface area contributed by atoms with Crippen LogP contribution in [0.15, 0.2) is 68.1 Å². The van der Waals surface area contributed by atoms with E-state index in [0.717, 1.165) is 7.11 Å². The van der Waals surface area contributed by atoms with Gasteiger partial charge in [-0.15, -0.1) is 28.5 Å². The third-order valence-corrected chi connectivity index (χ3v) is 9.57. The third-order valence-electron chi connectivity index (χ3n) is 4.64. The first kappa shape index (κ1) is 28.5. The van der Waals surface area contributed by atoms with E-state index in [1.54, 1.807) is 55.8 Å². The van der Waals surface area contributed by atoms with Crippen molar-refractivity contribution >= 4 is 55.5 Å². The Hall–Kier alpha value is -3.08. The molecule has 1 aromatic heterocycles. The van der Waals surface area contributed by atoms with E-state index in [0.29, 0.717) is 13.9 Å². The summed E-state index contributed by atoms with van der Waals surface area (Å²) < 4.78 is 62.1. The van der Waals surface area contributed by atoms with Crippen LogP contribution in [0.1, 0.15) is 5.82 Å². The summed E-state index contributed by atoms with van der Waals surface area (Å²) in [6.07, 6.45) is 3.44. The van der Waals surface area contributed by atoms with Crippen molar-refractivity contribution in [3.63, 3.8) is 0 Å². The minimum absolute atomic E-state index is 0.0653. The number of nitrogens with one attached hydrogen (secondary N) is 2. The summed E-state index contributed by atoms with van der Waals surface area (Å²) in [5.41, 5.74) is 0. The highest BCUT2D eigenvalue weighted by atomic mass is 32.2. The van der Waals surface area contributed by atoms with Crippen molar-refractivity contribution in [2.45, 2.75) is 26.5 Å². The highest BCUT2D eigenvalue weighted by molar-refractivity contribution is 7.99. The van der Waals surface area contributed by atoms with Gasteiger partial charge in [0.05, 0.1) is 7.11 Å². The SMILES string of the molecule is COc1nc(C)nc(NC(NS(=O)(=O)c2ccccc2SC)=[N+](OC)S(=O)(=O)c2ccccc2SC)n1. The molecule has 198 valence electrons. The van der Waals surface area contributed by atoms with Crippen LogP contribution in [0.25, 0.3) is 0 Å². The molecule has 0 aliphatic rings. The molecule has 3 aromatic rings. The lowest BCUT2D eigenvalue weighted by Gasteiger charge is -2.14. The monoisotopic (exact) mass is 585 g/mol. The summed E-state index contributed by atoms with van der Waals surface area (Å²) in [5, 5.41) is 2.61. The first-order valence-corrected chi connectivity index (χ1v) is 15.7. The van der Waals surface area contributed by atoms with Gasteiger partial charge in [-0.3, -0.25) is 0 Å². The lowest BCUT2D eigenvalue weighted by atomic mass is 10.4. The molecule has 0 aliphatic heterocycles. The summed E-state index contributed by atoms with van der Waals surface area (Å²) in [5.74, 6) is -0.540. The molecule has 0 saturated heterocycles. The molecule has 0 radical (unpaired) electrons. The number of hydrogen-bond donors (Lipinski definition) is 2. The van der Waals surface area contributed by atoms with Crippen LogP contribution in [-0.4, -0.2) is 68.6 Å². The second kappa shape index (κ2) is 12.0. The maximum atomic E-state index is 13.7. The van der Waals surface area contributed by atoms with Crippen LogP contribution in [0.4, 0.5) is 5.95 Å². The topological polar surface area (TPSA) is 152 Å². The maximum absolute atomic E-state index is 13.7. The molecule has 37 heavy (non-hydrogen) atoms. The average Bonchev–Trinajstić information content (AvgIpc) is 2.88. The molecule has 0 fully saturated rings. The van der Waals surface area contributed by atoms with Crippen LogP contribution in [0, 0.1) is 6.92 Å². The lowest BCUT2D eigenvalue weighted by molar-refractivity contribution is -0.667. The minimum Gasteiger partial charge on any atom is -0.467 e. The predicted octanol–water partition coefficient (Wildman–Crippen LogP) is 2.34. The standard InChI is InChI=1S/C21H24N6O6S4/c1-14-22-19(25-21(23-14)32-2)24-20(26-36(28,29)17-12-8-6-10-15(17)34-4)27(33-3)37(30,31)18-13-9-7-11-16(18)35-5/h6-13H,1-5H3,(H,22,23,24,25,26)/p+1. The van der Waals surface area contributed by atoms with Gasteiger partial charge in [-0.2, -0.15) is 31.5 Å². The van der Waals surface area contributed by atoms with Crippen LogP contribution in [0.2, 0.25) is 0 Å². The number of thioether (sulfide) groups is 2. The molecular weight excluding hydrogens is 561 g/mol. The Bertz CT molecular complexity index is 1530. The summed E-state index contributed by atoms with van der Waals surface area (Å²) >= 11 is 2.42. The molecule has 1 heterocycles. The lowest BCUT2D eigenvalue weighted by Crippen LogP contribution is -2.45. The number of rotatable bonds is 9. The molecule has 2 N–H and O–H groups in total. The second-order valence-corrected chi connectivity index (χ2v) is 12.1. The zero-order chi connectivity index (χ0) is 27.2. The fraction of sp³-hybridized carbons (Fsp3) is 0.238. The summed E-state index contributed by atoms with van der Waals surface area (Å²) in [6.45, 7) is 1.56. The fourth-order valence-corrected chi connectivity index (χ4v) is 7.61. The Balaban J connectivity index is 2.26. The average molecular weight is 586 g/mol. The Morgan fingerprint density at radius 1 is 0.865 bits per heavy atom. The van der Waals surface area contributed by atoms with E-state index in [1.165, 1.54) is 42.8 Å². The molecule has 2 aromatic carbocycles. The Labute approximate surface area is 224 Å². The Morgan fingerprint density at radius 3 is 2.00 bits per heavy atom. The number of aryl methyl sites for hydroxylation is 1. The molecule has 0 aliphatic carbocycles. The first-order chi connectivity index (χ1) is 17.6. The molecule has 0 unspecified atom stereocenters. The molecule has 0 bridgehead atoms. The van der Waals surface area contributed by atoms with Gasteiger partial charge >= 0.3 is 32.0 Å². The number of nitrogens with zero attached hydrogens (tertiary/aromatic N) is 4. The van der Waals surface area contributed by atoms with Crippen molar-refractivity contribution in [1.29, 1.82) is 0 Å². The number of anilines is 1. The quantitative estimate of drug-likeness (QED) is 0.125. The minimum atomic E-state index is -4.45. The summed E-state index contributed by atoms with van der Waals surface area (Å²) in [4.78, 5) is 18.1.